The predicted octanol–water partition coefficient (Wildman–Crippen LogP) is 4.05. The average molecular weight is 382 g/mol. The van der Waals surface area contributed by atoms with Gasteiger partial charge in [-0.05, 0) is 43.3 Å². The number of aromatic nitrogens is 4. The van der Waals surface area contributed by atoms with Crippen LogP contribution in [0, 0.1) is 6.92 Å². The minimum Gasteiger partial charge on any atom is -0.435 e. The summed E-state index contributed by atoms with van der Waals surface area (Å²) in [5.74, 6) is 1.92. The van der Waals surface area contributed by atoms with Crippen LogP contribution >= 0.6 is 0 Å². The van der Waals surface area contributed by atoms with Crippen LogP contribution in [0.1, 0.15) is 5.82 Å². The zero-order valence-corrected chi connectivity index (χ0v) is 14.8. The normalized spacial score (nSPS) is 11.1. The highest BCUT2D eigenvalue weighted by atomic mass is 19.3. The van der Waals surface area contributed by atoms with Gasteiger partial charge in [0.05, 0.1) is 11.0 Å². The smallest absolute Gasteiger partial charge is 0.387 e. The number of ether oxygens (including phenoxy) is 1. The maximum atomic E-state index is 12.3. The van der Waals surface area contributed by atoms with Gasteiger partial charge in [-0.25, -0.2) is 4.98 Å². The summed E-state index contributed by atoms with van der Waals surface area (Å²) in [6.45, 7) is -1.00. The van der Waals surface area contributed by atoms with Gasteiger partial charge in [0.2, 0.25) is 5.95 Å². The van der Waals surface area contributed by atoms with Crippen molar-refractivity contribution in [1.29, 1.82) is 0 Å². The van der Waals surface area contributed by atoms with Crippen molar-refractivity contribution in [3.05, 3.63) is 60.4 Å². The highest BCUT2D eigenvalue weighted by molar-refractivity contribution is 5.77. The van der Waals surface area contributed by atoms with Crippen LogP contribution in [0.25, 0.3) is 17.0 Å². The second-order valence-corrected chi connectivity index (χ2v) is 5.99. The number of anilines is 3. The molecule has 28 heavy (non-hydrogen) atoms. The number of fused-ring (bicyclic) bond motifs is 1. The SMILES string of the molecule is Cc1nc2ccccc2n1-c1nc(N)cc(Nc2ccc(OC(F)F)cc2)n1. The number of nitrogens with one attached hydrogen (secondary N) is 1. The van der Waals surface area contributed by atoms with E-state index in [1.807, 2.05) is 35.8 Å². The molecule has 0 aliphatic rings. The lowest BCUT2D eigenvalue weighted by molar-refractivity contribution is -0.0498. The zero-order valence-electron chi connectivity index (χ0n) is 14.8. The molecule has 142 valence electrons. The van der Waals surface area contributed by atoms with Crippen LogP contribution in [0.3, 0.4) is 0 Å². The molecular formula is C19H16F2N6O. The van der Waals surface area contributed by atoms with Crippen LogP contribution in [0.4, 0.5) is 26.1 Å². The number of imidazole rings is 1. The van der Waals surface area contributed by atoms with E-state index in [4.69, 9.17) is 5.73 Å². The molecule has 0 amide bonds. The summed E-state index contributed by atoms with van der Waals surface area (Å²) in [6, 6.07) is 15.3. The monoisotopic (exact) mass is 382 g/mol. The Labute approximate surface area is 158 Å². The number of hydrogen-bond acceptors (Lipinski definition) is 6. The fourth-order valence-electron chi connectivity index (χ4n) is 2.88. The van der Waals surface area contributed by atoms with Crippen molar-refractivity contribution >= 4 is 28.4 Å². The molecular weight excluding hydrogens is 366 g/mol. The third-order valence-electron chi connectivity index (χ3n) is 4.01. The summed E-state index contributed by atoms with van der Waals surface area (Å²) < 4.78 is 30.7. The number of halogens is 2. The summed E-state index contributed by atoms with van der Waals surface area (Å²) in [4.78, 5) is 13.4. The topological polar surface area (TPSA) is 90.9 Å². The molecule has 0 saturated heterocycles. The van der Waals surface area contributed by atoms with Gasteiger partial charge in [-0.2, -0.15) is 18.7 Å². The van der Waals surface area contributed by atoms with Gasteiger partial charge in [0, 0.05) is 11.8 Å². The molecule has 0 unspecified atom stereocenters. The summed E-state index contributed by atoms with van der Waals surface area (Å²) in [5, 5.41) is 3.09. The average Bonchev–Trinajstić information content (AvgIpc) is 2.98. The Morgan fingerprint density at radius 3 is 2.54 bits per heavy atom. The first kappa shape index (κ1) is 17.7. The summed E-state index contributed by atoms with van der Waals surface area (Å²) in [6.07, 6.45) is 0. The lowest BCUT2D eigenvalue weighted by Gasteiger charge is -2.11. The van der Waals surface area contributed by atoms with Crippen molar-refractivity contribution < 1.29 is 13.5 Å². The van der Waals surface area contributed by atoms with Gasteiger partial charge < -0.3 is 15.8 Å². The molecule has 0 spiro atoms. The molecule has 2 heterocycles. The lowest BCUT2D eigenvalue weighted by Crippen LogP contribution is -2.07. The van der Waals surface area contributed by atoms with Crippen LogP contribution in [-0.2, 0) is 0 Å². The third-order valence-corrected chi connectivity index (χ3v) is 4.01. The van der Waals surface area contributed by atoms with E-state index in [9.17, 15) is 8.78 Å². The van der Waals surface area contributed by atoms with Crippen molar-refractivity contribution in [2.24, 2.45) is 0 Å². The van der Waals surface area contributed by atoms with Crippen LogP contribution in [-0.4, -0.2) is 26.1 Å². The number of nitrogens with zero attached hydrogens (tertiary/aromatic N) is 4. The molecule has 0 radical (unpaired) electrons. The number of nitrogen functional groups attached to an aromatic ring is 1. The first-order chi connectivity index (χ1) is 13.5. The molecule has 9 heteroatoms. The lowest BCUT2D eigenvalue weighted by atomic mass is 10.3. The molecule has 0 aliphatic heterocycles. The second kappa shape index (κ2) is 7.10. The van der Waals surface area contributed by atoms with E-state index in [2.05, 4.69) is 25.0 Å². The van der Waals surface area contributed by atoms with Crippen LogP contribution in [0.15, 0.2) is 54.6 Å². The fraction of sp³-hybridized carbons (Fsp3) is 0.105. The Kier molecular flexibility index (Phi) is 4.48. The van der Waals surface area contributed by atoms with Gasteiger partial charge in [0.1, 0.15) is 23.2 Å². The van der Waals surface area contributed by atoms with Crippen LogP contribution in [0.5, 0.6) is 5.75 Å². The number of alkyl halides is 2. The first-order valence-electron chi connectivity index (χ1n) is 8.40. The highest BCUT2D eigenvalue weighted by Gasteiger charge is 2.13. The minimum atomic E-state index is -2.86. The van der Waals surface area contributed by atoms with E-state index in [1.165, 1.54) is 12.1 Å². The number of hydrogen-bond donors (Lipinski definition) is 2. The van der Waals surface area contributed by atoms with Gasteiger partial charge in [-0.1, -0.05) is 12.1 Å². The molecule has 0 saturated carbocycles. The number of benzene rings is 2. The first-order valence-corrected chi connectivity index (χ1v) is 8.40. The molecule has 4 rings (SSSR count). The van der Waals surface area contributed by atoms with E-state index in [-0.39, 0.29) is 11.6 Å². The molecule has 7 nitrogen and oxygen atoms in total. The van der Waals surface area contributed by atoms with Crippen molar-refractivity contribution in [2.75, 3.05) is 11.1 Å². The standard InChI is InChI=1S/C19H16F2N6O/c1-11-23-14-4-2-3-5-15(14)27(11)19-25-16(22)10-17(26-19)24-12-6-8-13(9-7-12)28-18(20)21/h2-10,18H,1H3,(H3,22,24,25,26). The quantitative estimate of drug-likeness (QED) is 0.541. The number of rotatable bonds is 5. The molecule has 0 aliphatic carbocycles. The largest absolute Gasteiger partial charge is 0.435 e. The maximum absolute atomic E-state index is 12.3. The third kappa shape index (κ3) is 3.54. The summed E-state index contributed by atoms with van der Waals surface area (Å²) in [7, 11) is 0. The van der Waals surface area contributed by atoms with Crippen molar-refractivity contribution in [2.45, 2.75) is 13.5 Å². The number of nitrogens with two attached hydrogens (primary N) is 1. The van der Waals surface area contributed by atoms with Gasteiger partial charge in [0.25, 0.3) is 0 Å². The molecule has 0 bridgehead atoms. The second-order valence-electron chi connectivity index (χ2n) is 5.99. The Bertz CT molecular complexity index is 1130. The van der Waals surface area contributed by atoms with Gasteiger partial charge in [-0.15, -0.1) is 0 Å². The number of aryl methyl sites for hydroxylation is 1. The predicted molar refractivity (Wildman–Crippen MR) is 102 cm³/mol. The highest BCUT2D eigenvalue weighted by Crippen LogP contribution is 2.24. The fourth-order valence-corrected chi connectivity index (χ4v) is 2.88. The molecule has 2 aromatic heterocycles. The van der Waals surface area contributed by atoms with Crippen molar-refractivity contribution in [3.8, 4) is 11.7 Å². The van der Waals surface area contributed by atoms with E-state index in [0.29, 0.717) is 17.5 Å². The number of para-hydroxylation sites is 2. The molecule has 4 aromatic rings. The van der Waals surface area contributed by atoms with Gasteiger partial charge in [0.15, 0.2) is 0 Å². The van der Waals surface area contributed by atoms with E-state index >= 15 is 0 Å². The Morgan fingerprint density at radius 1 is 1.04 bits per heavy atom. The Balaban J connectivity index is 1.67. The molecule has 0 atom stereocenters. The van der Waals surface area contributed by atoms with Crippen LogP contribution < -0.4 is 15.8 Å². The summed E-state index contributed by atoms with van der Waals surface area (Å²) >= 11 is 0. The van der Waals surface area contributed by atoms with Crippen LogP contribution in [0.2, 0.25) is 0 Å². The van der Waals surface area contributed by atoms with E-state index in [1.54, 1.807) is 18.2 Å². The van der Waals surface area contributed by atoms with Gasteiger partial charge in [-0.3, -0.25) is 4.57 Å². The van der Waals surface area contributed by atoms with Crippen molar-refractivity contribution in [1.82, 2.24) is 19.5 Å². The summed E-state index contributed by atoms with van der Waals surface area (Å²) in [5.41, 5.74) is 8.30. The van der Waals surface area contributed by atoms with E-state index in [0.717, 1.165) is 16.9 Å². The Morgan fingerprint density at radius 2 is 1.79 bits per heavy atom. The van der Waals surface area contributed by atoms with Gasteiger partial charge >= 0.3 is 6.61 Å². The zero-order chi connectivity index (χ0) is 19.7. The van der Waals surface area contributed by atoms with E-state index < -0.39 is 6.61 Å². The molecule has 2 aromatic carbocycles. The Hall–Kier alpha value is -3.75. The molecule has 0 fully saturated rings. The maximum Gasteiger partial charge on any atom is 0.387 e. The minimum absolute atomic E-state index is 0.0731. The van der Waals surface area contributed by atoms with Crippen molar-refractivity contribution in [3.63, 3.8) is 0 Å². The molecule has 3 N–H and O–H groups in total.